The quantitative estimate of drug-likeness (QED) is 0.0751. The van der Waals surface area contributed by atoms with Crippen molar-refractivity contribution in [2.24, 2.45) is 0 Å². The van der Waals surface area contributed by atoms with Gasteiger partial charge in [-0.2, -0.15) is 0 Å². The summed E-state index contributed by atoms with van der Waals surface area (Å²) < 4.78 is 0. The maximum Gasteiger partial charge on any atom is 0.139 e. The van der Waals surface area contributed by atoms with Gasteiger partial charge >= 0.3 is 0 Å². The fourth-order valence-corrected chi connectivity index (χ4v) is 6.65. The summed E-state index contributed by atoms with van der Waals surface area (Å²) in [6, 6.07) is 45.2. The zero-order valence-electron chi connectivity index (χ0n) is 28.3. The summed E-state index contributed by atoms with van der Waals surface area (Å²) >= 11 is 0. The molecule has 0 bridgehead atoms. The molecule has 0 radical (unpaired) electrons. The van der Waals surface area contributed by atoms with Gasteiger partial charge in [0.05, 0.1) is 22.3 Å². The summed E-state index contributed by atoms with van der Waals surface area (Å²) in [5.41, 5.74) is 4.41. The van der Waals surface area contributed by atoms with Crippen molar-refractivity contribution >= 4 is 22.5 Å². The number of anilines is 2. The second kappa shape index (κ2) is 14.6. The molecule has 6 N–H and O–H groups in total. The monoisotopic (exact) mass is 690 g/mol. The third kappa shape index (κ3) is 6.95. The molecule has 260 valence electrons. The van der Waals surface area contributed by atoms with Crippen molar-refractivity contribution in [2.75, 3.05) is 9.80 Å². The molecule has 0 amide bonds. The predicted octanol–water partition coefficient (Wildman–Crippen LogP) is 9.17. The van der Waals surface area contributed by atoms with Crippen LogP contribution in [0.25, 0.3) is 11.1 Å². The smallest absolute Gasteiger partial charge is 0.139 e. The van der Waals surface area contributed by atoms with Crippen molar-refractivity contribution in [3.63, 3.8) is 0 Å². The Balaban J connectivity index is 1.19. The van der Waals surface area contributed by atoms with Gasteiger partial charge in [0, 0.05) is 61.8 Å². The first-order valence-electron chi connectivity index (χ1n) is 16.9. The number of phenols is 4. The van der Waals surface area contributed by atoms with Crippen LogP contribution >= 0.6 is 0 Å². The molecule has 0 heterocycles. The van der Waals surface area contributed by atoms with E-state index < -0.39 is 11.5 Å². The minimum atomic E-state index is -0.495. The average molecular weight is 691 g/mol. The lowest BCUT2D eigenvalue weighted by atomic mass is 9.83. The van der Waals surface area contributed by atoms with E-state index in [4.69, 9.17) is 0 Å². The van der Waals surface area contributed by atoms with Gasteiger partial charge in [-0.1, -0.05) is 121 Å². The van der Waals surface area contributed by atoms with E-state index >= 15 is 0 Å². The Morgan fingerprint density at radius 1 is 0.327 bits per heavy atom. The van der Waals surface area contributed by atoms with E-state index in [1.807, 2.05) is 131 Å². The SMILES string of the molecule is OC1=C(c2c(O)cc(N(Cc3ccccc3)Cc3ccccc3)cc2O)C(O)=C1c1c(O)cc(N(Cc2ccccc2)Cc2ccccc2)cc1O. The first-order valence-corrected chi connectivity index (χ1v) is 16.9. The highest BCUT2D eigenvalue weighted by molar-refractivity contribution is 6.10. The molecule has 0 fully saturated rings. The molecule has 52 heavy (non-hydrogen) atoms. The average Bonchev–Trinajstić information content (AvgIpc) is 3.15. The summed E-state index contributed by atoms with van der Waals surface area (Å²) in [6.45, 7) is 1.94. The fourth-order valence-electron chi connectivity index (χ4n) is 6.65. The van der Waals surface area contributed by atoms with Gasteiger partial charge in [0.1, 0.15) is 34.5 Å². The molecule has 8 heteroatoms. The van der Waals surface area contributed by atoms with Crippen molar-refractivity contribution in [3.05, 3.63) is 190 Å². The molecule has 7 rings (SSSR count). The first kappa shape index (κ1) is 33.7. The van der Waals surface area contributed by atoms with Crippen molar-refractivity contribution in [1.82, 2.24) is 0 Å². The van der Waals surface area contributed by atoms with Crippen molar-refractivity contribution < 1.29 is 30.6 Å². The zero-order valence-corrected chi connectivity index (χ0v) is 28.3. The molecule has 0 aromatic heterocycles. The van der Waals surface area contributed by atoms with E-state index in [2.05, 4.69) is 0 Å². The van der Waals surface area contributed by atoms with Gasteiger partial charge in [0.2, 0.25) is 0 Å². The third-order valence-electron chi connectivity index (χ3n) is 9.21. The summed E-state index contributed by atoms with van der Waals surface area (Å²) in [7, 11) is 0. The number of allylic oxidation sites excluding steroid dienone is 2. The predicted molar refractivity (Wildman–Crippen MR) is 204 cm³/mol. The van der Waals surface area contributed by atoms with Crippen LogP contribution in [0.3, 0.4) is 0 Å². The number of nitrogens with zero attached hydrogens (tertiary/aromatic N) is 2. The minimum absolute atomic E-state index is 0.172. The highest BCUT2D eigenvalue weighted by Gasteiger charge is 2.38. The Bertz CT molecular complexity index is 1950. The maximum absolute atomic E-state index is 11.3. The van der Waals surface area contributed by atoms with Crippen LogP contribution in [-0.2, 0) is 26.2 Å². The summed E-state index contributed by atoms with van der Waals surface area (Å²) in [5.74, 6) is -2.46. The largest absolute Gasteiger partial charge is 0.507 e. The van der Waals surface area contributed by atoms with Crippen LogP contribution in [0.4, 0.5) is 11.4 Å². The Labute approximate surface area is 302 Å². The van der Waals surface area contributed by atoms with E-state index in [1.54, 1.807) is 0 Å². The number of benzene rings is 6. The van der Waals surface area contributed by atoms with Crippen LogP contribution in [0, 0.1) is 0 Å². The Kier molecular flexibility index (Phi) is 9.45. The zero-order chi connectivity index (χ0) is 36.2. The van der Waals surface area contributed by atoms with Crippen LogP contribution in [0.5, 0.6) is 23.0 Å². The molecular weight excluding hydrogens is 652 g/mol. The second-order valence-electron chi connectivity index (χ2n) is 12.8. The number of aromatic hydroxyl groups is 4. The molecule has 0 saturated heterocycles. The van der Waals surface area contributed by atoms with Crippen molar-refractivity contribution in [1.29, 1.82) is 0 Å². The van der Waals surface area contributed by atoms with Crippen LogP contribution in [0.1, 0.15) is 33.4 Å². The Hall–Kier alpha value is -6.80. The van der Waals surface area contributed by atoms with Crippen LogP contribution in [0.2, 0.25) is 0 Å². The number of phenolic OH excluding ortho intramolecular Hbond substituents is 4. The lowest BCUT2D eigenvalue weighted by Gasteiger charge is -2.29. The van der Waals surface area contributed by atoms with Crippen LogP contribution in [0.15, 0.2) is 157 Å². The minimum Gasteiger partial charge on any atom is -0.507 e. The van der Waals surface area contributed by atoms with E-state index in [9.17, 15) is 30.6 Å². The molecule has 8 nitrogen and oxygen atoms in total. The molecule has 0 atom stereocenters. The van der Waals surface area contributed by atoms with E-state index in [0.717, 1.165) is 22.3 Å². The summed E-state index contributed by atoms with van der Waals surface area (Å²) in [5, 5.41) is 67.6. The van der Waals surface area contributed by atoms with E-state index in [1.165, 1.54) is 24.3 Å². The molecule has 0 saturated carbocycles. The molecule has 1 aliphatic carbocycles. The number of aliphatic hydroxyl groups is 2. The maximum atomic E-state index is 11.3. The Morgan fingerprint density at radius 2 is 0.558 bits per heavy atom. The molecule has 0 spiro atoms. The van der Waals surface area contributed by atoms with Gasteiger partial charge in [-0.05, 0) is 22.3 Å². The van der Waals surface area contributed by atoms with Gasteiger partial charge in [-0.15, -0.1) is 0 Å². The number of hydrogen-bond acceptors (Lipinski definition) is 8. The third-order valence-corrected chi connectivity index (χ3v) is 9.21. The normalized spacial score (nSPS) is 12.5. The molecule has 0 aliphatic heterocycles. The molecule has 6 aromatic carbocycles. The number of hydrogen-bond donors (Lipinski definition) is 6. The summed E-state index contributed by atoms with van der Waals surface area (Å²) in [4.78, 5) is 4.00. The lowest BCUT2D eigenvalue weighted by Crippen LogP contribution is -2.22. The topological polar surface area (TPSA) is 128 Å². The summed E-state index contributed by atoms with van der Waals surface area (Å²) in [6.07, 6.45) is 0. The van der Waals surface area contributed by atoms with E-state index in [-0.39, 0.29) is 45.3 Å². The van der Waals surface area contributed by atoms with Crippen molar-refractivity contribution in [2.45, 2.75) is 26.2 Å². The number of aliphatic hydroxyl groups excluding tert-OH is 2. The molecule has 6 aromatic rings. The van der Waals surface area contributed by atoms with Gasteiger partial charge in [0.25, 0.3) is 0 Å². The highest BCUT2D eigenvalue weighted by atomic mass is 16.3. The number of rotatable bonds is 12. The Morgan fingerprint density at radius 3 is 0.788 bits per heavy atom. The van der Waals surface area contributed by atoms with Crippen LogP contribution < -0.4 is 9.80 Å². The molecule has 1 aliphatic rings. The first-order chi connectivity index (χ1) is 25.3. The van der Waals surface area contributed by atoms with Gasteiger partial charge in [-0.3, -0.25) is 0 Å². The molecule has 0 unspecified atom stereocenters. The lowest BCUT2D eigenvalue weighted by molar-refractivity contribution is 0.381. The molecular formula is C44H38N2O6. The van der Waals surface area contributed by atoms with E-state index in [0.29, 0.717) is 37.6 Å². The highest BCUT2D eigenvalue weighted by Crippen LogP contribution is 2.54. The van der Waals surface area contributed by atoms with Crippen LogP contribution in [-0.4, -0.2) is 30.6 Å². The van der Waals surface area contributed by atoms with Crippen molar-refractivity contribution in [3.8, 4) is 23.0 Å². The van der Waals surface area contributed by atoms with Gasteiger partial charge < -0.3 is 40.4 Å². The van der Waals surface area contributed by atoms with Gasteiger partial charge in [0.15, 0.2) is 0 Å². The fraction of sp³-hybridized carbons (Fsp3) is 0.0909. The standard InChI is InChI=1S/C44H38N2O6/c47-35-21-33(45(25-29-13-5-1-6-14-29)26-30-15-7-2-8-16-30)22-36(48)39(35)41-43(51)42(44(41)52)40-37(49)23-34(24-38(40)50)46(27-31-17-9-3-10-18-31)28-32-19-11-4-12-20-32/h1-24,47-52H,25-28H2. The van der Waals surface area contributed by atoms with Gasteiger partial charge in [-0.25, -0.2) is 0 Å². The second-order valence-corrected chi connectivity index (χ2v) is 12.8.